The van der Waals surface area contributed by atoms with Crippen LogP contribution in [0.15, 0.2) is 42.5 Å². The van der Waals surface area contributed by atoms with E-state index in [1.54, 1.807) is 30.3 Å². The fraction of sp³-hybridized carbons (Fsp3) is 0.0769. The zero-order chi connectivity index (χ0) is 12.4. The summed E-state index contributed by atoms with van der Waals surface area (Å²) < 4.78 is 0. The Hall–Kier alpha value is -1.87. The lowest BCUT2D eigenvalue weighted by Crippen LogP contribution is -1.94. The van der Waals surface area contributed by atoms with E-state index in [0.717, 1.165) is 11.1 Å². The van der Waals surface area contributed by atoms with Crippen molar-refractivity contribution >= 4 is 17.3 Å². The van der Waals surface area contributed by atoms with E-state index in [9.17, 15) is 10.1 Å². The van der Waals surface area contributed by atoms with Crippen molar-refractivity contribution in [1.82, 2.24) is 0 Å². The molecule has 0 saturated heterocycles. The molecular formula is C13H10ClNO2. The second-order valence-corrected chi connectivity index (χ2v) is 4.17. The first-order valence-electron chi connectivity index (χ1n) is 5.09. The maximum atomic E-state index is 11.0. The second kappa shape index (κ2) is 4.55. The van der Waals surface area contributed by atoms with Gasteiger partial charge in [0.05, 0.1) is 10.5 Å². The van der Waals surface area contributed by atoms with Gasteiger partial charge < -0.3 is 0 Å². The first kappa shape index (κ1) is 11.6. The Morgan fingerprint density at radius 1 is 1.12 bits per heavy atom. The van der Waals surface area contributed by atoms with Crippen molar-refractivity contribution in [3.63, 3.8) is 0 Å². The highest BCUT2D eigenvalue weighted by atomic mass is 35.5. The topological polar surface area (TPSA) is 43.1 Å². The highest BCUT2D eigenvalue weighted by Gasteiger charge is 2.16. The van der Waals surface area contributed by atoms with Crippen LogP contribution in [-0.2, 0) is 0 Å². The summed E-state index contributed by atoms with van der Waals surface area (Å²) in [5.74, 6) is 0. The van der Waals surface area contributed by atoms with Crippen LogP contribution in [0.2, 0.25) is 5.02 Å². The SMILES string of the molecule is Cc1cccc([N+](=O)[O-])c1-c1ccc(Cl)cc1. The highest BCUT2D eigenvalue weighted by Crippen LogP contribution is 2.33. The van der Waals surface area contributed by atoms with Gasteiger partial charge in [-0.05, 0) is 30.2 Å². The van der Waals surface area contributed by atoms with Crippen molar-refractivity contribution in [3.8, 4) is 11.1 Å². The van der Waals surface area contributed by atoms with Crippen LogP contribution in [0.5, 0.6) is 0 Å². The van der Waals surface area contributed by atoms with Crippen molar-refractivity contribution in [2.75, 3.05) is 0 Å². The molecule has 0 N–H and O–H groups in total. The van der Waals surface area contributed by atoms with Gasteiger partial charge in [-0.15, -0.1) is 0 Å². The Kier molecular flexibility index (Phi) is 3.11. The quantitative estimate of drug-likeness (QED) is 0.589. The second-order valence-electron chi connectivity index (χ2n) is 3.73. The standard InChI is InChI=1S/C13H10ClNO2/c1-9-3-2-4-12(15(16)17)13(9)10-5-7-11(14)8-6-10/h2-8H,1H3. The van der Waals surface area contributed by atoms with Crippen LogP contribution in [0.1, 0.15) is 5.56 Å². The maximum absolute atomic E-state index is 11.0. The molecule has 0 fully saturated rings. The van der Waals surface area contributed by atoms with Gasteiger partial charge in [0.2, 0.25) is 0 Å². The minimum absolute atomic E-state index is 0.118. The van der Waals surface area contributed by atoms with Crippen LogP contribution in [0.25, 0.3) is 11.1 Å². The number of aryl methyl sites for hydroxylation is 1. The largest absolute Gasteiger partial charge is 0.277 e. The molecule has 0 spiro atoms. The van der Waals surface area contributed by atoms with Gasteiger partial charge >= 0.3 is 0 Å². The lowest BCUT2D eigenvalue weighted by molar-refractivity contribution is -0.384. The molecule has 0 unspecified atom stereocenters. The zero-order valence-electron chi connectivity index (χ0n) is 9.18. The minimum Gasteiger partial charge on any atom is -0.258 e. The van der Waals surface area contributed by atoms with Gasteiger partial charge in [-0.1, -0.05) is 35.9 Å². The third-order valence-electron chi connectivity index (χ3n) is 2.58. The Morgan fingerprint density at radius 2 is 1.76 bits per heavy atom. The summed E-state index contributed by atoms with van der Waals surface area (Å²) in [4.78, 5) is 10.6. The number of hydrogen-bond donors (Lipinski definition) is 0. The number of hydrogen-bond acceptors (Lipinski definition) is 2. The Balaban J connectivity index is 2.65. The fourth-order valence-corrected chi connectivity index (χ4v) is 1.92. The summed E-state index contributed by atoms with van der Waals surface area (Å²) >= 11 is 5.81. The zero-order valence-corrected chi connectivity index (χ0v) is 9.94. The van der Waals surface area contributed by atoms with E-state index in [2.05, 4.69) is 0 Å². The summed E-state index contributed by atoms with van der Waals surface area (Å²) in [5.41, 5.74) is 2.45. The molecular weight excluding hydrogens is 238 g/mol. The molecule has 17 heavy (non-hydrogen) atoms. The summed E-state index contributed by atoms with van der Waals surface area (Å²) in [7, 11) is 0. The molecule has 0 radical (unpaired) electrons. The lowest BCUT2D eigenvalue weighted by Gasteiger charge is -2.06. The molecule has 0 aliphatic rings. The van der Waals surface area contributed by atoms with Crippen LogP contribution in [-0.4, -0.2) is 4.92 Å². The molecule has 0 aromatic heterocycles. The van der Waals surface area contributed by atoms with E-state index in [1.807, 2.05) is 13.0 Å². The molecule has 0 aliphatic carbocycles. The Bertz CT molecular complexity index is 564. The third kappa shape index (κ3) is 2.29. The molecule has 0 atom stereocenters. The number of rotatable bonds is 2. The van der Waals surface area contributed by atoms with Gasteiger partial charge in [0.1, 0.15) is 0 Å². The van der Waals surface area contributed by atoms with Crippen molar-refractivity contribution in [1.29, 1.82) is 0 Å². The van der Waals surface area contributed by atoms with Crippen LogP contribution in [0.4, 0.5) is 5.69 Å². The monoisotopic (exact) mass is 247 g/mol. The normalized spacial score (nSPS) is 10.2. The van der Waals surface area contributed by atoms with E-state index in [1.165, 1.54) is 6.07 Å². The van der Waals surface area contributed by atoms with Crippen LogP contribution < -0.4 is 0 Å². The first-order chi connectivity index (χ1) is 8.09. The molecule has 3 nitrogen and oxygen atoms in total. The molecule has 0 aliphatic heterocycles. The predicted octanol–water partition coefficient (Wildman–Crippen LogP) is 4.22. The molecule has 0 bridgehead atoms. The van der Waals surface area contributed by atoms with E-state index in [0.29, 0.717) is 10.6 Å². The van der Waals surface area contributed by atoms with Gasteiger partial charge in [0.25, 0.3) is 5.69 Å². The van der Waals surface area contributed by atoms with E-state index in [4.69, 9.17) is 11.6 Å². The minimum atomic E-state index is -0.364. The van der Waals surface area contributed by atoms with Gasteiger partial charge in [-0.25, -0.2) is 0 Å². The number of nitro groups is 1. The van der Waals surface area contributed by atoms with Gasteiger partial charge in [0, 0.05) is 11.1 Å². The van der Waals surface area contributed by atoms with E-state index in [-0.39, 0.29) is 10.6 Å². The summed E-state index contributed by atoms with van der Waals surface area (Å²) in [6, 6.07) is 12.1. The molecule has 0 saturated carbocycles. The summed E-state index contributed by atoms with van der Waals surface area (Å²) in [6.45, 7) is 1.86. The average molecular weight is 248 g/mol. The summed E-state index contributed by atoms with van der Waals surface area (Å²) in [6.07, 6.45) is 0. The molecule has 4 heteroatoms. The van der Waals surface area contributed by atoms with Crippen molar-refractivity contribution in [3.05, 3.63) is 63.2 Å². The van der Waals surface area contributed by atoms with Crippen LogP contribution >= 0.6 is 11.6 Å². The van der Waals surface area contributed by atoms with Crippen molar-refractivity contribution < 1.29 is 4.92 Å². The van der Waals surface area contributed by atoms with E-state index >= 15 is 0 Å². The lowest BCUT2D eigenvalue weighted by atomic mass is 9.99. The fourth-order valence-electron chi connectivity index (χ4n) is 1.80. The smallest absolute Gasteiger partial charge is 0.258 e. The molecule has 2 rings (SSSR count). The molecule has 2 aromatic rings. The molecule has 2 aromatic carbocycles. The number of halogens is 1. The highest BCUT2D eigenvalue weighted by molar-refractivity contribution is 6.30. The Labute approximate surface area is 104 Å². The Morgan fingerprint density at radius 3 is 2.35 bits per heavy atom. The first-order valence-corrected chi connectivity index (χ1v) is 5.47. The van der Waals surface area contributed by atoms with Crippen molar-refractivity contribution in [2.45, 2.75) is 6.92 Å². The number of nitrogens with zero attached hydrogens (tertiary/aromatic N) is 1. The maximum Gasteiger partial charge on any atom is 0.277 e. The number of benzene rings is 2. The average Bonchev–Trinajstić information content (AvgIpc) is 2.30. The predicted molar refractivity (Wildman–Crippen MR) is 68.3 cm³/mol. The molecule has 86 valence electrons. The van der Waals surface area contributed by atoms with Crippen LogP contribution in [0.3, 0.4) is 0 Å². The van der Waals surface area contributed by atoms with E-state index < -0.39 is 0 Å². The molecule has 0 amide bonds. The van der Waals surface area contributed by atoms with Gasteiger partial charge in [0.15, 0.2) is 0 Å². The van der Waals surface area contributed by atoms with Gasteiger partial charge in [-0.3, -0.25) is 10.1 Å². The third-order valence-corrected chi connectivity index (χ3v) is 2.83. The van der Waals surface area contributed by atoms with Gasteiger partial charge in [-0.2, -0.15) is 0 Å². The van der Waals surface area contributed by atoms with Crippen molar-refractivity contribution in [2.24, 2.45) is 0 Å². The molecule has 0 heterocycles. The van der Waals surface area contributed by atoms with Crippen LogP contribution in [0, 0.1) is 17.0 Å². The summed E-state index contributed by atoms with van der Waals surface area (Å²) in [5, 5.41) is 11.6. The number of nitro benzene ring substituents is 1.